The molecule has 0 aliphatic heterocycles. The molecule has 8 nitrogen and oxygen atoms in total. The summed E-state index contributed by atoms with van der Waals surface area (Å²) in [6.45, 7) is 0. The Balaban J connectivity index is 1.54. The predicted molar refractivity (Wildman–Crippen MR) is 101 cm³/mol. The van der Waals surface area contributed by atoms with Crippen LogP contribution in [0.3, 0.4) is 0 Å². The normalized spacial score (nSPS) is 11.6. The summed E-state index contributed by atoms with van der Waals surface area (Å²) in [5, 5.41) is 9.03. The third kappa shape index (κ3) is 3.63. The molecule has 2 heterocycles. The van der Waals surface area contributed by atoms with Crippen LogP contribution in [0.15, 0.2) is 59.1 Å². The first kappa shape index (κ1) is 17.5. The van der Waals surface area contributed by atoms with Gasteiger partial charge in [0, 0.05) is 5.56 Å². The van der Waals surface area contributed by atoms with E-state index in [0.717, 1.165) is 22.6 Å². The fourth-order valence-corrected chi connectivity index (χ4v) is 3.92. The molecular formula is C17H14N4O4S2. The second kappa shape index (κ2) is 6.65. The van der Waals surface area contributed by atoms with Crippen molar-refractivity contribution in [1.82, 2.24) is 14.6 Å². The van der Waals surface area contributed by atoms with Crippen LogP contribution in [0.5, 0.6) is 17.2 Å². The Kier molecular flexibility index (Phi) is 4.30. The molecule has 0 unspecified atom stereocenters. The number of aromatic nitrogens is 3. The summed E-state index contributed by atoms with van der Waals surface area (Å²) in [5.41, 5.74) is 1.53. The van der Waals surface area contributed by atoms with E-state index in [1.165, 1.54) is 4.52 Å². The number of nitrogens with zero attached hydrogens (tertiary/aromatic N) is 3. The monoisotopic (exact) mass is 402 g/mol. The molecule has 0 bridgehead atoms. The molecule has 0 aliphatic carbocycles. The fraction of sp³-hybridized carbons (Fsp3) is 0.0588. The topological polar surface area (TPSA) is 109 Å². The van der Waals surface area contributed by atoms with Gasteiger partial charge in [-0.15, -0.1) is 5.10 Å². The Morgan fingerprint density at radius 1 is 1.00 bits per heavy atom. The number of fused-ring (bicyclic) bond motifs is 1. The molecule has 138 valence electrons. The van der Waals surface area contributed by atoms with Crippen molar-refractivity contribution < 1.29 is 17.9 Å². The van der Waals surface area contributed by atoms with Gasteiger partial charge in [-0.05, 0) is 48.5 Å². The van der Waals surface area contributed by atoms with E-state index in [4.69, 9.17) is 14.6 Å². The van der Waals surface area contributed by atoms with Crippen LogP contribution in [0.1, 0.15) is 0 Å². The van der Waals surface area contributed by atoms with Crippen molar-refractivity contribution in [3.63, 3.8) is 0 Å². The maximum absolute atomic E-state index is 11.3. The van der Waals surface area contributed by atoms with E-state index in [0.29, 0.717) is 22.2 Å². The molecule has 4 rings (SSSR count). The lowest BCUT2D eigenvalue weighted by Gasteiger charge is -2.07. The van der Waals surface area contributed by atoms with Gasteiger partial charge < -0.3 is 9.47 Å². The highest BCUT2D eigenvalue weighted by Crippen LogP contribution is 2.28. The Bertz CT molecular complexity index is 1160. The lowest BCUT2D eigenvalue weighted by Crippen LogP contribution is -2.12. The standard InChI is InChI=1S/C17H14N4O4S2/c1-24-12-6-8-14(9-7-12)25-13-4-2-11(3-5-13)15-10-21-16(19-15)26-17(20-21)27(18,22)23/h2-10H,1H3,(H2,18,22,23). The van der Waals surface area contributed by atoms with E-state index in [1.807, 2.05) is 48.5 Å². The van der Waals surface area contributed by atoms with Gasteiger partial charge in [0.25, 0.3) is 10.0 Å². The van der Waals surface area contributed by atoms with Crippen molar-refractivity contribution in [3.8, 4) is 28.5 Å². The molecule has 0 saturated heterocycles. The van der Waals surface area contributed by atoms with Crippen molar-refractivity contribution >= 4 is 26.3 Å². The van der Waals surface area contributed by atoms with Gasteiger partial charge in [0.1, 0.15) is 17.2 Å². The van der Waals surface area contributed by atoms with Crippen LogP contribution in [-0.2, 0) is 10.0 Å². The number of nitrogens with two attached hydrogens (primary N) is 1. The quantitative estimate of drug-likeness (QED) is 0.550. The lowest BCUT2D eigenvalue weighted by molar-refractivity contribution is 0.413. The van der Waals surface area contributed by atoms with Crippen molar-refractivity contribution in [3.05, 3.63) is 54.7 Å². The molecule has 0 atom stereocenters. The van der Waals surface area contributed by atoms with Crippen LogP contribution < -0.4 is 14.6 Å². The molecule has 0 radical (unpaired) electrons. The lowest BCUT2D eigenvalue weighted by atomic mass is 10.1. The van der Waals surface area contributed by atoms with Crippen LogP contribution in [-0.4, -0.2) is 30.1 Å². The minimum absolute atomic E-state index is 0.167. The Hall–Kier alpha value is -2.95. The molecule has 0 spiro atoms. The molecule has 2 aromatic heterocycles. The van der Waals surface area contributed by atoms with Gasteiger partial charge >= 0.3 is 0 Å². The number of rotatable bonds is 5. The molecule has 10 heteroatoms. The SMILES string of the molecule is COc1ccc(Oc2ccc(-c3cn4nc(S(N)(=O)=O)sc4n3)cc2)cc1. The maximum Gasteiger partial charge on any atom is 0.267 e. The van der Waals surface area contributed by atoms with E-state index in [1.54, 1.807) is 13.3 Å². The zero-order valence-electron chi connectivity index (χ0n) is 14.1. The van der Waals surface area contributed by atoms with Crippen molar-refractivity contribution in [2.45, 2.75) is 4.34 Å². The predicted octanol–water partition coefficient (Wildman–Crippen LogP) is 2.91. The molecule has 2 N–H and O–H groups in total. The van der Waals surface area contributed by atoms with Crippen LogP contribution in [0, 0.1) is 0 Å². The second-order valence-electron chi connectivity index (χ2n) is 5.57. The maximum atomic E-state index is 11.3. The highest BCUT2D eigenvalue weighted by Gasteiger charge is 2.17. The molecule has 0 saturated carbocycles. The number of ether oxygens (including phenoxy) is 2. The van der Waals surface area contributed by atoms with E-state index in [2.05, 4.69) is 10.1 Å². The average molecular weight is 402 g/mol. The van der Waals surface area contributed by atoms with Crippen molar-refractivity contribution in [1.29, 1.82) is 0 Å². The summed E-state index contributed by atoms with van der Waals surface area (Å²) in [7, 11) is -2.22. The summed E-state index contributed by atoms with van der Waals surface area (Å²) in [6.07, 6.45) is 1.65. The number of hydrogen-bond acceptors (Lipinski definition) is 7. The first-order chi connectivity index (χ1) is 12.9. The molecule has 0 amide bonds. The zero-order valence-corrected chi connectivity index (χ0v) is 15.7. The molecular weight excluding hydrogens is 388 g/mol. The molecule has 2 aromatic carbocycles. The fourth-order valence-electron chi connectivity index (χ4n) is 2.41. The summed E-state index contributed by atoms with van der Waals surface area (Å²) in [4.78, 5) is 4.85. The van der Waals surface area contributed by atoms with Crippen molar-refractivity contribution in [2.75, 3.05) is 7.11 Å². The minimum atomic E-state index is -3.83. The summed E-state index contributed by atoms with van der Waals surface area (Å²) < 4.78 is 34.8. The Morgan fingerprint density at radius 3 is 2.15 bits per heavy atom. The third-order valence-corrected chi connectivity index (χ3v) is 5.95. The summed E-state index contributed by atoms with van der Waals surface area (Å²) in [5.74, 6) is 2.14. The Labute approximate surface area is 158 Å². The van der Waals surface area contributed by atoms with Crippen LogP contribution >= 0.6 is 11.3 Å². The number of hydrogen-bond donors (Lipinski definition) is 1. The molecule has 0 aliphatic rings. The summed E-state index contributed by atoms with van der Waals surface area (Å²) >= 11 is 0.920. The number of benzene rings is 2. The molecule has 27 heavy (non-hydrogen) atoms. The summed E-state index contributed by atoms with van der Waals surface area (Å²) in [6, 6.07) is 14.7. The second-order valence-corrected chi connectivity index (χ2v) is 8.26. The van der Waals surface area contributed by atoms with Gasteiger partial charge in [0.05, 0.1) is 19.0 Å². The van der Waals surface area contributed by atoms with E-state index >= 15 is 0 Å². The minimum Gasteiger partial charge on any atom is -0.497 e. The number of methoxy groups -OCH3 is 1. The first-order valence-corrected chi connectivity index (χ1v) is 10.1. The van der Waals surface area contributed by atoms with E-state index in [-0.39, 0.29) is 4.34 Å². The smallest absolute Gasteiger partial charge is 0.267 e. The number of sulfonamides is 1. The van der Waals surface area contributed by atoms with Gasteiger partial charge in [0.15, 0.2) is 0 Å². The van der Waals surface area contributed by atoms with Gasteiger partial charge in [-0.3, -0.25) is 0 Å². The van der Waals surface area contributed by atoms with Crippen LogP contribution in [0.2, 0.25) is 0 Å². The number of imidazole rings is 1. The van der Waals surface area contributed by atoms with Gasteiger partial charge in [0.2, 0.25) is 9.30 Å². The molecule has 0 fully saturated rings. The van der Waals surface area contributed by atoms with Crippen LogP contribution in [0.4, 0.5) is 0 Å². The van der Waals surface area contributed by atoms with Gasteiger partial charge in [-0.2, -0.15) is 0 Å². The highest BCUT2D eigenvalue weighted by atomic mass is 32.2. The molecule has 4 aromatic rings. The van der Waals surface area contributed by atoms with Crippen LogP contribution in [0.25, 0.3) is 16.2 Å². The first-order valence-electron chi connectivity index (χ1n) is 7.74. The number of primary sulfonamides is 1. The average Bonchev–Trinajstić information content (AvgIpc) is 3.22. The van der Waals surface area contributed by atoms with Gasteiger partial charge in [-0.25, -0.2) is 23.1 Å². The van der Waals surface area contributed by atoms with Crippen molar-refractivity contribution in [2.24, 2.45) is 5.14 Å². The highest BCUT2D eigenvalue weighted by molar-refractivity contribution is 7.91. The van der Waals surface area contributed by atoms with E-state index < -0.39 is 10.0 Å². The third-order valence-electron chi connectivity index (χ3n) is 3.71. The van der Waals surface area contributed by atoms with E-state index in [9.17, 15) is 8.42 Å². The van der Waals surface area contributed by atoms with Gasteiger partial charge in [-0.1, -0.05) is 11.3 Å². The Morgan fingerprint density at radius 2 is 1.59 bits per heavy atom. The largest absolute Gasteiger partial charge is 0.497 e. The zero-order chi connectivity index (χ0) is 19.0.